The maximum atomic E-state index is 12.2. The number of halogens is 1. The summed E-state index contributed by atoms with van der Waals surface area (Å²) in [5, 5.41) is 8.12. The Morgan fingerprint density at radius 2 is 2.25 bits per heavy atom. The molecule has 0 spiro atoms. The van der Waals surface area contributed by atoms with Crippen LogP contribution in [-0.2, 0) is 0 Å². The van der Waals surface area contributed by atoms with Crippen LogP contribution in [0, 0.1) is 5.41 Å². The number of fused-ring (bicyclic) bond motifs is 1. The minimum absolute atomic E-state index is 0.0879. The number of alkyl halides is 1. The molecule has 1 amide bonds. The Labute approximate surface area is 126 Å². The summed E-state index contributed by atoms with van der Waals surface area (Å²) >= 11 is 3.44. The average Bonchev–Trinajstić information content (AvgIpc) is 2.87. The van der Waals surface area contributed by atoms with Gasteiger partial charge in [0, 0.05) is 24.3 Å². The van der Waals surface area contributed by atoms with E-state index in [2.05, 4.69) is 45.2 Å². The molecule has 0 radical (unpaired) electrons. The van der Waals surface area contributed by atoms with Gasteiger partial charge in [-0.1, -0.05) is 29.8 Å². The van der Waals surface area contributed by atoms with Crippen molar-refractivity contribution in [3.05, 3.63) is 30.4 Å². The van der Waals surface area contributed by atoms with E-state index in [1.54, 1.807) is 29.3 Å². The first-order chi connectivity index (χ1) is 9.53. The van der Waals surface area contributed by atoms with Crippen LogP contribution in [0.3, 0.4) is 0 Å². The minimum Gasteiger partial charge on any atom is -0.351 e. The van der Waals surface area contributed by atoms with Crippen LogP contribution in [0.1, 0.15) is 37.0 Å². The molecule has 2 heterocycles. The van der Waals surface area contributed by atoms with Gasteiger partial charge in [-0.05, 0) is 18.3 Å². The fourth-order valence-electron chi connectivity index (χ4n) is 2.06. The van der Waals surface area contributed by atoms with Gasteiger partial charge in [0.05, 0.1) is 23.5 Å². The van der Waals surface area contributed by atoms with Crippen LogP contribution in [0.2, 0.25) is 0 Å². The molecule has 2 rings (SSSR count). The Balaban J connectivity index is 2.02. The third-order valence-corrected chi connectivity index (χ3v) is 3.84. The Bertz CT molecular complexity index is 594. The maximum Gasteiger partial charge on any atom is 0.255 e. The summed E-state index contributed by atoms with van der Waals surface area (Å²) in [4.78, 5) is 16.3. The van der Waals surface area contributed by atoms with Crippen molar-refractivity contribution in [3.63, 3.8) is 0 Å². The number of hydrogen-bond acceptors (Lipinski definition) is 3. The first-order valence-corrected chi connectivity index (χ1v) is 7.77. The van der Waals surface area contributed by atoms with Crippen molar-refractivity contribution in [3.8, 4) is 0 Å². The second-order valence-electron chi connectivity index (χ2n) is 5.60. The first kappa shape index (κ1) is 15.0. The van der Waals surface area contributed by atoms with Crippen LogP contribution in [-0.4, -0.2) is 32.4 Å². The second-order valence-corrected chi connectivity index (χ2v) is 6.40. The number of amides is 1. The lowest BCUT2D eigenvalue weighted by Crippen LogP contribution is -2.34. The highest BCUT2D eigenvalue weighted by Crippen LogP contribution is 2.22. The quantitative estimate of drug-likeness (QED) is 0.823. The number of aromatic nitrogens is 3. The molecular weight excluding hydrogens is 320 g/mol. The predicted molar refractivity (Wildman–Crippen MR) is 82.1 cm³/mol. The number of nitrogens with zero attached hydrogens (tertiary/aromatic N) is 3. The van der Waals surface area contributed by atoms with Gasteiger partial charge < -0.3 is 5.32 Å². The zero-order valence-electron chi connectivity index (χ0n) is 11.8. The fraction of sp³-hybridized carbons (Fsp3) is 0.500. The smallest absolute Gasteiger partial charge is 0.255 e. The fourth-order valence-corrected chi connectivity index (χ4v) is 2.34. The predicted octanol–water partition coefficient (Wildman–Crippen LogP) is 2.66. The van der Waals surface area contributed by atoms with E-state index in [0.29, 0.717) is 12.1 Å². The highest BCUT2D eigenvalue weighted by atomic mass is 79.9. The van der Waals surface area contributed by atoms with Crippen molar-refractivity contribution in [1.82, 2.24) is 19.9 Å². The van der Waals surface area contributed by atoms with Gasteiger partial charge in [-0.3, -0.25) is 9.78 Å². The Morgan fingerprint density at radius 3 is 3.00 bits per heavy atom. The van der Waals surface area contributed by atoms with Crippen molar-refractivity contribution in [2.75, 3.05) is 11.9 Å². The number of nitrogens with one attached hydrogen (secondary N) is 1. The van der Waals surface area contributed by atoms with Crippen LogP contribution in [0.4, 0.5) is 0 Å². The SMILES string of the molecule is CC(C)(CCCBr)CNC(=O)c1cnn2ccncc12. The monoisotopic (exact) mass is 338 g/mol. The first-order valence-electron chi connectivity index (χ1n) is 6.65. The van der Waals surface area contributed by atoms with E-state index in [1.807, 2.05) is 0 Å². The molecular formula is C14H19BrN4O. The summed E-state index contributed by atoms with van der Waals surface area (Å²) in [6.07, 6.45) is 8.77. The lowest BCUT2D eigenvalue weighted by molar-refractivity contribution is 0.0936. The van der Waals surface area contributed by atoms with E-state index in [4.69, 9.17) is 0 Å². The molecule has 6 heteroatoms. The molecule has 20 heavy (non-hydrogen) atoms. The van der Waals surface area contributed by atoms with Crippen LogP contribution in [0.5, 0.6) is 0 Å². The number of hydrogen-bond donors (Lipinski definition) is 1. The Kier molecular flexibility index (Phi) is 4.75. The van der Waals surface area contributed by atoms with Crippen molar-refractivity contribution < 1.29 is 4.79 Å². The van der Waals surface area contributed by atoms with E-state index in [-0.39, 0.29) is 11.3 Å². The standard InChI is InChI=1S/C14H19BrN4O/c1-14(2,4-3-5-15)10-17-13(20)11-8-18-19-7-6-16-9-12(11)19/h6-9H,3-5,10H2,1-2H3,(H,17,20). The zero-order valence-corrected chi connectivity index (χ0v) is 13.4. The molecule has 0 fully saturated rings. The van der Waals surface area contributed by atoms with Crippen molar-refractivity contribution in [2.24, 2.45) is 5.41 Å². The number of rotatable bonds is 6. The van der Waals surface area contributed by atoms with Gasteiger partial charge in [-0.25, -0.2) is 4.52 Å². The average molecular weight is 339 g/mol. The Hall–Kier alpha value is -1.43. The topological polar surface area (TPSA) is 59.3 Å². The molecule has 2 aromatic rings. The van der Waals surface area contributed by atoms with Gasteiger partial charge >= 0.3 is 0 Å². The largest absolute Gasteiger partial charge is 0.351 e. The third-order valence-electron chi connectivity index (χ3n) is 3.28. The lowest BCUT2D eigenvalue weighted by atomic mass is 9.88. The maximum absolute atomic E-state index is 12.2. The summed E-state index contributed by atoms with van der Waals surface area (Å²) < 4.78 is 1.65. The van der Waals surface area contributed by atoms with Gasteiger partial charge in [0.15, 0.2) is 0 Å². The molecule has 0 unspecified atom stereocenters. The minimum atomic E-state index is -0.0973. The molecule has 1 N–H and O–H groups in total. The normalized spacial score (nSPS) is 11.8. The van der Waals surface area contributed by atoms with Gasteiger partial charge in [-0.15, -0.1) is 0 Å². The van der Waals surface area contributed by atoms with E-state index in [0.717, 1.165) is 23.7 Å². The molecule has 0 atom stereocenters. The highest BCUT2D eigenvalue weighted by molar-refractivity contribution is 9.09. The molecule has 108 valence electrons. The van der Waals surface area contributed by atoms with Gasteiger partial charge in [-0.2, -0.15) is 5.10 Å². The number of carbonyl (C=O) groups is 1. The van der Waals surface area contributed by atoms with Crippen LogP contribution >= 0.6 is 15.9 Å². The summed E-state index contributed by atoms with van der Waals surface area (Å²) in [7, 11) is 0. The molecule has 0 aliphatic heterocycles. The molecule has 0 aromatic carbocycles. The summed E-state index contributed by atoms with van der Waals surface area (Å²) in [6, 6.07) is 0. The molecule has 5 nitrogen and oxygen atoms in total. The van der Waals surface area contributed by atoms with Crippen molar-refractivity contribution in [2.45, 2.75) is 26.7 Å². The molecule has 2 aromatic heterocycles. The van der Waals surface area contributed by atoms with E-state index in [9.17, 15) is 4.79 Å². The second kappa shape index (κ2) is 6.35. The number of carbonyl (C=O) groups excluding carboxylic acids is 1. The highest BCUT2D eigenvalue weighted by Gasteiger charge is 2.20. The van der Waals surface area contributed by atoms with Crippen molar-refractivity contribution >= 4 is 27.4 Å². The van der Waals surface area contributed by atoms with E-state index in [1.165, 1.54) is 0 Å². The van der Waals surface area contributed by atoms with Crippen LogP contribution in [0.15, 0.2) is 24.8 Å². The zero-order chi connectivity index (χ0) is 14.6. The molecule has 0 bridgehead atoms. The van der Waals surface area contributed by atoms with E-state index >= 15 is 0 Å². The summed E-state index contributed by atoms with van der Waals surface area (Å²) in [5.41, 5.74) is 1.38. The molecule has 0 saturated carbocycles. The van der Waals surface area contributed by atoms with E-state index < -0.39 is 0 Å². The lowest BCUT2D eigenvalue weighted by Gasteiger charge is -2.24. The summed E-state index contributed by atoms with van der Waals surface area (Å²) in [5.74, 6) is -0.0973. The van der Waals surface area contributed by atoms with Gasteiger partial charge in [0.2, 0.25) is 0 Å². The van der Waals surface area contributed by atoms with Crippen molar-refractivity contribution in [1.29, 1.82) is 0 Å². The van der Waals surface area contributed by atoms with Crippen LogP contribution in [0.25, 0.3) is 5.52 Å². The van der Waals surface area contributed by atoms with Crippen LogP contribution < -0.4 is 5.32 Å². The molecule has 0 aliphatic carbocycles. The Morgan fingerprint density at radius 1 is 1.45 bits per heavy atom. The van der Waals surface area contributed by atoms with Gasteiger partial charge in [0.1, 0.15) is 0 Å². The molecule has 0 saturated heterocycles. The molecule has 0 aliphatic rings. The summed E-state index contributed by atoms with van der Waals surface area (Å²) in [6.45, 7) is 4.97. The third kappa shape index (κ3) is 3.56. The van der Waals surface area contributed by atoms with Gasteiger partial charge in [0.25, 0.3) is 5.91 Å².